The molecule has 0 N–H and O–H groups in total. The quantitative estimate of drug-likeness (QED) is 0.446. The molecule has 0 saturated carbocycles. The maximum atomic E-state index is 13.0. The minimum Gasteiger partial charge on any atom is -0.443 e. The zero-order valence-electron chi connectivity index (χ0n) is 15.4. The van der Waals surface area contributed by atoms with Gasteiger partial charge in [0.05, 0.1) is 18.1 Å². The number of morpholine rings is 1. The summed E-state index contributed by atoms with van der Waals surface area (Å²) in [6.07, 6.45) is -1.19. The molecule has 0 aliphatic carbocycles. The average Bonchev–Trinajstić information content (AvgIpc) is 2.72. The minimum absolute atomic E-state index is 0.150. The predicted octanol–water partition coefficient (Wildman–Crippen LogP) is 2.66. The summed E-state index contributed by atoms with van der Waals surface area (Å²) >= 11 is 0. The van der Waals surface area contributed by atoms with E-state index in [2.05, 4.69) is 0 Å². The summed E-state index contributed by atoms with van der Waals surface area (Å²) in [4.78, 5) is 38.1. The summed E-state index contributed by atoms with van der Waals surface area (Å²) in [5.74, 6) is -1.28. The number of rotatable bonds is 5. The van der Waals surface area contributed by atoms with Crippen molar-refractivity contribution in [1.29, 1.82) is 0 Å². The van der Waals surface area contributed by atoms with E-state index in [1.165, 1.54) is 12.1 Å². The van der Waals surface area contributed by atoms with Crippen LogP contribution >= 0.6 is 0 Å². The van der Waals surface area contributed by atoms with E-state index in [1.54, 1.807) is 48.2 Å². The van der Waals surface area contributed by atoms with Gasteiger partial charge in [-0.15, -0.1) is 0 Å². The molecule has 1 fully saturated rings. The Morgan fingerprint density at radius 2 is 1.79 bits per heavy atom. The summed E-state index contributed by atoms with van der Waals surface area (Å²) < 4.78 is 10.8. The van der Waals surface area contributed by atoms with E-state index < -0.39 is 17.0 Å². The number of hydrogen-bond donors (Lipinski definition) is 0. The number of benzene rings is 2. The highest BCUT2D eigenvalue weighted by Gasteiger charge is 2.33. The number of aryl methyl sites for hydroxylation is 1. The molecule has 1 atom stereocenters. The SMILES string of the molecule is Cc1cccc([N+](=O)[O-])c1C(=O)O[C@@H](C(=O)N1CCOCC1)c1ccccc1. The highest BCUT2D eigenvalue weighted by atomic mass is 16.6. The normalized spacial score (nSPS) is 15.0. The molecular formula is C20H20N2O6. The van der Waals surface area contributed by atoms with Gasteiger partial charge in [-0.2, -0.15) is 0 Å². The number of carbonyl (C=O) groups is 2. The van der Waals surface area contributed by atoms with Gasteiger partial charge >= 0.3 is 5.97 Å². The standard InChI is InChI=1S/C20H20N2O6/c1-14-6-5-9-16(22(25)26)17(14)20(24)28-18(15-7-3-2-4-8-15)19(23)21-10-12-27-13-11-21/h2-9,18H,10-13H2,1H3/t18-/m1/s1. The van der Waals surface area contributed by atoms with Crippen molar-refractivity contribution in [3.63, 3.8) is 0 Å². The summed E-state index contributed by atoms with van der Waals surface area (Å²) in [5.41, 5.74) is 0.409. The minimum atomic E-state index is -1.19. The Morgan fingerprint density at radius 3 is 2.43 bits per heavy atom. The molecule has 1 saturated heterocycles. The number of esters is 1. The van der Waals surface area contributed by atoms with Crippen molar-refractivity contribution in [3.8, 4) is 0 Å². The summed E-state index contributed by atoms with van der Waals surface area (Å²) in [6, 6.07) is 12.9. The molecule has 1 aliphatic rings. The molecule has 0 spiro atoms. The van der Waals surface area contributed by atoms with Crippen molar-refractivity contribution in [3.05, 3.63) is 75.3 Å². The van der Waals surface area contributed by atoms with Crippen LogP contribution in [-0.2, 0) is 14.3 Å². The van der Waals surface area contributed by atoms with E-state index in [0.29, 0.717) is 37.4 Å². The van der Waals surface area contributed by atoms with E-state index in [0.717, 1.165) is 0 Å². The highest BCUT2D eigenvalue weighted by molar-refractivity contribution is 5.97. The van der Waals surface area contributed by atoms with Gasteiger partial charge in [-0.05, 0) is 12.5 Å². The van der Waals surface area contributed by atoms with E-state index in [1.807, 2.05) is 0 Å². The fourth-order valence-electron chi connectivity index (χ4n) is 3.07. The second-order valence-electron chi connectivity index (χ2n) is 6.36. The molecule has 0 bridgehead atoms. The number of hydrogen-bond acceptors (Lipinski definition) is 6. The topological polar surface area (TPSA) is 99.0 Å². The van der Waals surface area contributed by atoms with Gasteiger partial charge in [-0.3, -0.25) is 14.9 Å². The van der Waals surface area contributed by atoms with Gasteiger partial charge in [0.1, 0.15) is 5.56 Å². The van der Waals surface area contributed by atoms with Crippen LogP contribution in [-0.4, -0.2) is 48.0 Å². The third-order valence-electron chi connectivity index (χ3n) is 4.53. The fraction of sp³-hybridized carbons (Fsp3) is 0.300. The molecule has 0 unspecified atom stereocenters. The first-order valence-corrected chi connectivity index (χ1v) is 8.85. The van der Waals surface area contributed by atoms with Crippen molar-refractivity contribution < 1.29 is 24.0 Å². The second kappa shape index (κ2) is 8.62. The molecular weight excluding hydrogens is 364 g/mol. The van der Waals surface area contributed by atoms with Gasteiger partial charge in [-0.25, -0.2) is 4.79 Å². The first-order valence-electron chi connectivity index (χ1n) is 8.85. The molecule has 146 valence electrons. The monoisotopic (exact) mass is 384 g/mol. The Balaban J connectivity index is 1.93. The lowest BCUT2D eigenvalue weighted by atomic mass is 10.1. The van der Waals surface area contributed by atoms with Gasteiger partial charge in [0, 0.05) is 24.7 Å². The van der Waals surface area contributed by atoms with Crippen molar-refractivity contribution in [2.24, 2.45) is 0 Å². The zero-order chi connectivity index (χ0) is 20.1. The van der Waals surface area contributed by atoms with E-state index >= 15 is 0 Å². The maximum absolute atomic E-state index is 13.0. The molecule has 0 aromatic heterocycles. The lowest BCUT2D eigenvalue weighted by molar-refractivity contribution is -0.385. The molecule has 1 heterocycles. The van der Waals surface area contributed by atoms with Crippen molar-refractivity contribution >= 4 is 17.6 Å². The van der Waals surface area contributed by atoms with Crippen molar-refractivity contribution in [2.75, 3.05) is 26.3 Å². The van der Waals surface area contributed by atoms with E-state index in [4.69, 9.17) is 9.47 Å². The molecule has 2 aromatic rings. The molecule has 8 heteroatoms. The van der Waals surface area contributed by atoms with Crippen LogP contribution in [0, 0.1) is 17.0 Å². The third kappa shape index (κ3) is 4.17. The molecule has 1 aliphatic heterocycles. The van der Waals surface area contributed by atoms with Gasteiger partial charge in [-0.1, -0.05) is 42.5 Å². The van der Waals surface area contributed by atoms with Crippen molar-refractivity contribution in [2.45, 2.75) is 13.0 Å². The van der Waals surface area contributed by atoms with Gasteiger partial charge < -0.3 is 14.4 Å². The van der Waals surface area contributed by atoms with Crippen LogP contribution < -0.4 is 0 Å². The Labute approximate surface area is 161 Å². The molecule has 3 rings (SSSR count). The Hall–Kier alpha value is -3.26. The molecule has 8 nitrogen and oxygen atoms in total. The maximum Gasteiger partial charge on any atom is 0.346 e. The summed E-state index contributed by atoms with van der Waals surface area (Å²) in [7, 11) is 0. The zero-order valence-corrected chi connectivity index (χ0v) is 15.4. The Bertz CT molecular complexity index is 878. The van der Waals surface area contributed by atoms with Crippen molar-refractivity contribution in [1.82, 2.24) is 4.90 Å². The van der Waals surface area contributed by atoms with Crippen LogP contribution in [0.4, 0.5) is 5.69 Å². The van der Waals surface area contributed by atoms with Crippen LogP contribution in [0.15, 0.2) is 48.5 Å². The van der Waals surface area contributed by atoms with Gasteiger partial charge in [0.2, 0.25) is 6.10 Å². The summed E-state index contributed by atoms with van der Waals surface area (Å²) in [5, 5.41) is 11.3. The molecule has 2 aromatic carbocycles. The van der Waals surface area contributed by atoms with Crippen LogP contribution in [0.2, 0.25) is 0 Å². The molecule has 1 amide bonds. The molecule has 0 radical (unpaired) electrons. The van der Waals surface area contributed by atoms with Gasteiger partial charge in [0.15, 0.2) is 0 Å². The number of amides is 1. The fourth-order valence-corrected chi connectivity index (χ4v) is 3.07. The van der Waals surface area contributed by atoms with Crippen LogP contribution in [0.3, 0.4) is 0 Å². The Morgan fingerprint density at radius 1 is 1.11 bits per heavy atom. The average molecular weight is 384 g/mol. The first-order chi connectivity index (χ1) is 13.5. The number of carbonyl (C=O) groups excluding carboxylic acids is 2. The number of nitrogens with zero attached hydrogens (tertiary/aromatic N) is 2. The molecule has 28 heavy (non-hydrogen) atoms. The lowest BCUT2D eigenvalue weighted by Crippen LogP contribution is -2.44. The number of nitro groups is 1. The predicted molar refractivity (Wildman–Crippen MR) is 99.8 cm³/mol. The van der Waals surface area contributed by atoms with Crippen LogP contribution in [0.5, 0.6) is 0 Å². The van der Waals surface area contributed by atoms with Gasteiger partial charge in [0.25, 0.3) is 11.6 Å². The Kier molecular flexibility index (Phi) is 6.00. The van der Waals surface area contributed by atoms with E-state index in [-0.39, 0.29) is 17.2 Å². The van der Waals surface area contributed by atoms with Crippen LogP contribution in [0.25, 0.3) is 0 Å². The highest BCUT2D eigenvalue weighted by Crippen LogP contribution is 2.27. The second-order valence-corrected chi connectivity index (χ2v) is 6.36. The lowest BCUT2D eigenvalue weighted by Gasteiger charge is -2.30. The first kappa shape index (κ1) is 19.5. The third-order valence-corrected chi connectivity index (χ3v) is 4.53. The van der Waals surface area contributed by atoms with Crippen LogP contribution in [0.1, 0.15) is 27.6 Å². The summed E-state index contributed by atoms with van der Waals surface area (Å²) in [6.45, 7) is 3.19. The smallest absolute Gasteiger partial charge is 0.346 e. The number of ether oxygens (including phenoxy) is 2. The largest absolute Gasteiger partial charge is 0.443 e. The number of nitro benzene ring substituents is 1. The van der Waals surface area contributed by atoms with E-state index in [9.17, 15) is 19.7 Å².